The molecule has 0 unspecified atom stereocenters. The van der Waals surface area contributed by atoms with E-state index in [4.69, 9.17) is 4.74 Å². The highest BCUT2D eigenvalue weighted by Crippen LogP contribution is 1.93. The minimum atomic E-state index is 0.818. The molecular formula is C11H21N3O. The molecule has 0 aliphatic rings. The van der Waals surface area contributed by atoms with Crippen LogP contribution in [0.3, 0.4) is 0 Å². The standard InChI is InChI=1S/C11H21N3O/c1-2-15-10-4-7-12-6-3-5-11-13-8-9-14-11/h8-9,12H,2-7,10H2,1H3,(H,13,14). The fourth-order valence-electron chi connectivity index (χ4n) is 1.38. The molecule has 2 N–H and O–H groups in total. The van der Waals surface area contributed by atoms with Gasteiger partial charge in [0.15, 0.2) is 0 Å². The molecule has 0 aromatic carbocycles. The van der Waals surface area contributed by atoms with E-state index in [1.54, 1.807) is 6.20 Å². The van der Waals surface area contributed by atoms with Crippen molar-refractivity contribution >= 4 is 0 Å². The summed E-state index contributed by atoms with van der Waals surface area (Å²) >= 11 is 0. The number of aromatic nitrogens is 2. The van der Waals surface area contributed by atoms with Crippen LogP contribution in [0.1, 0.15) is 25.6 Å². The number of aryl methyl sites for hydroxylation is 1. The van der Waals surface area contributed by atoms with E-state index in [-0.39, 0.29) is 0 Å². The van der Waals surface area contributed by atoms with Gasteiger partial charge in [-0.25, -0.2) is 4.98 Å². The molecule has 1 aromatic rings. The number of hydrogen-bond donors (Lipinski definition) is 2. The van der Waals surface area contributed by atoms with Crippen molar-refractivity contribution in [2.75, 3.05) is 26.3 Å². The summed E-state index contributed by atoms with van der Waals surface area (Å²) in [6, 6.07) is 0. The van der Waals surface area contributed by atoms with Crippen LogP contribution in [0.15, 0.2) is 12.4 Å². The first kappa shape index (κ1) is 12.2. The summed E-state index contributed by atoms with van der Waals surface area (Å²) in [7, 11) is 0. The third-order valence-electron chi connectivity index (χ3n) is 2.17. The zero-order valence-electron chi connectivity index (χ0n) is 9.46. The summed E-state index contributed by atoms with van der Waals surface area (Å²) in [4.78, 5) is 7.27. The Morgan fingerprint density at radius 2 is 2.27 bits per heavy atom. The van der Waals surface area contributed by atoms with Gasteiger partial charge in [-0.2, -0.15) is 0 Å². The number of hydrogen-bond acceptors (Lipinski definition) is 3. The predicted molar refractivity (Wildman–Crippen MR) is 60.9 cm³/mol. The number of H-pyrrole nitrogens is 1. The van der Waals surface area contributed by atoms with Crippen molar-refractivity contribution in [3.63, 3.8) is 0 Å². The number of ether oxygens (including phenoxy) is 1. The van der Waals surface area contributed by atoms with Gasteiger partial charge in [0.1, 0.15) is 5.82 Å². The maximum absolute atomic E-state index is 5.24. The Labute approximate surface area is 91.4 Å². The quantitative estimate of drug-likeness (QED) is 0.606. The van der Waals surface area contributed by atoms with Gasteiger partial charge in [0.05, 0.1) is 0 Å². The Bertz CT molecular complexity index is 224. The Morgan fingerprint density at radius 3 is 3.00 bits per heavy atom. The van der Waals surface area contributed by atoms with Crippen LogP contribution in [0.25, 0.3) is 0 Å². The summed E-state index contributed by atoms with van der Waals surface area (Å²) < 4.78 is 5.24. The van der Waals surface area contributed by atoms with Crippen molar-refractivity contribution in [3.8, 4) is 0 Å². The molecule has 86 valence electrons. The molecule has 0 amide bonds. The number of imidazole rings is 1. The molecule has 1 aromatic heterocycles. The topological polar surface area (TPSA) is 49.9 Å². The second-order valence-electron chi connectivity index (χ2n) is 3.44. The highest BCUT2D eigenvalue weighted by Gasteiger charge is 1.94. The number of nitrogens with one attached hydrogen (secondary N) is 2. The number of aromatic amines is 1. The van der Waals surface area contributed by atoms with Crippen molar-refractivity contribution < 1.29 is 4.74 Å². The average Bonchev–Trinajstić information content (AvgIpc) is 2.75. The first-order valence-corrected chi connectivity index (χ1v) is 5.70. The monoisotopic (exact) mass is 211 g/mol. The Hall–Kier alpha value is -0.870. The van der Waals surface area contributed by atoms with Crippen LogP contribution in [-0.2, 0) is 11.2 Å². The Kier molecular flexibility index (Phi) is 6.86. The largest absolute Gasteiger partial charge is 0.382 e. The van der Waals surface area contributed by atoms with Gasteiger partial charge in [-0.05, 0) is 32.9 Å². The summed E-state index contributed by atoms with van der Waals surface area (Å²) in [6.07, 6.45) is 6.90. The van der Waals surface area contributed by atoms with E-state index < -0.39 is 0 Å². The fraction of sp³-hybridized carbons (Fsp3) is 0.727. The molecule has 0 saturated heterocycles. The van der Waals surface area contributed by atoms with Crippen LogP contribution in [0.2, 0.25) is 0 Å². The van der Waals surface area contributed by atoms with E-state index in [2.05, 4.69) is 15.3 Å². The third-order valence-corrected chi connectivity index (χ3v) is 2.17. The SMILES string of the molecule is CCOCCCNCCCc1ncc[nH]1. The molecule has 0 spiro atoms. The summed E-state index contributed by atoms with van der Waals surface area (Å²) in [5.41, 5.74) is 0. The maximum Gasteiger partial charge on any atom is 0.106 e. The third kappa shape index (κ3) is 6.25. The lowest BCUT2D eigenvalue weighted by molar-refractivity contribution is 0.145. The van der Waals surface area contributed by atoms with Gasteiger partial charge in [-0.15, -0.1) is 0 Å². The minimum Gasteiger partial charge on any atom is -0.382 e. The molecule has 1 rings (SSSR count). The van der Waals surface area contributed by atoms with Crippen LogP contribution in [0.5, 0.6) is 0 Å². The molecule has 0 fully saturated rings. The molecule has 0 saturated carbocycles. The van der Waals surface area contributed by atoms with E-state index in [9.17, 15) is 0 Å². The van der Waals surface area contributed by atoms with Gasteiger partial charge in [-0.3, -0.25) is 0 Å². The van der Waals surface area contributed by atoms with E-state index in [0.29, 0.717) is 0 Å². The van der Waals surface area contributed by atoms with E-state index in [0.717, 1.165) is 51.4 Å². The predicted octanol–water partition coefficient (Wildman–Crippen LogP) is 1.36. The second kappa shape index (κ2) is 8.44. The molecule has 4 nitrogen and oxygen atoms in total. The first-order valence-electron chi connectivity index (χ1n) is 5.70. The molecule has 0 bridgehead atoms. The number of rotatable bonds is 9. The van der Waals surface area contributed by atoms with Crippen LogP contribution < -0.4 is 5.32 Å². The number of nitrogens with zero attached hydrogens (tertiary/aromatic N) is 1. The highest BCUT2D eigenvalue weighted by atomic mass is 16.5. The van der Waals surface area contributed by atoms with Crippen LogP contribution in [-0.4, -0.2) is 36.3 Å². The molecule has 0 atom stereocenters. The molecule has 0 aliphatic heterocycles. The van der Waals surface area contributed by atoms with Gasteiger partial charge >= 0.3 is 0 Å². The van der Waals surface area contributed by atoms with Crippen LogP contribution in [0, 0.1) is 0 Å². The van der Waals surface area contributed by atoms with Crippen molar-refractivity contribution in [2.24, 2.45) is 0 Å². The van der Waals surface area contributed by atoms with Crippen LogP contribution >= 0.6 is 0 Å². The molecule has 1 heterocycles. The highest BCUT2D eigenvalue weighted by molar-refractivity contribution is 4.86. The van der Waals surface area contributed by atoms with Crippen molar-refractivity contribution in [2.45, 2.75) is 26.2 Å². The van der Waals surface area contributed by atoms with Gasteiger partial charge in [0.2, 0.25) is 0 Å². The summed E-state index contributed by atoms with van der Waals surface area (Å²) in [5, 5.41) is 3.39. The minimum absolute atomic E-state index is 0.818. The zero-order chi connectivity index (χ0) is 10.8. The second-order valence-corrected chi connectivity index (χ2v) is 3.44. The lowest BCUT2D eigenvalue weighted by Crippen LogP contribution is -2.18. The van der Waals surface area contributed by atoms with Gasteiger partial charge in [0, 0.05) is 32.0 Å². The van der Waals surface area contributed by atoms with Crippen molar-refractivity contribution in [1.29, 1.82) is 0 Å². The van der Waals surface area contributed by atoms with E-state index in [1.807, 2.05) is 13.1 Å². The van der Waals surface area contributed by atoms with Gasteiger partial charge in [-0.1, -0.05) is 0 Å². The van der Waals surface area contributed by atoms with Gasteiger partial charge in [0.25, 0.3) is 0 Å². The first-order chi connectivity index (χ1) is 7.43. The van der Waals surface area contributed by atoms with E-state index >= 15 is 0 Å². The molecule has 4 heteroatoms. The maximum atomic E-state index is 5.24. The molecular weight excluding hydrogens is 190 g/mol. The Morgan fingerprint density at radius 1 is 1.40 bits per heavy atom. The smallest absolute Gasteiger partial charge is 0.106 e. The lowest BCUT2D eigenvalue weighted by Gasteiger charge is -2.03. The molecule has 0 aliphatic carbocycles. The van der Waals surface area contributed by atoms with Crippen molar-refractivity contribution in [1.82, 2.24) is 15.3 Å². The van der Waals surface area contributed by atoms with Crippen molar-refractivity contribution in [3.05, 3.63) is 18.2 Å². The van der Waals surface area contributed by atoms with E-state index in [1.165, 1.54) is 0 Å². The summed E-state index contributed by atoms with van der Waals surface area (Å²) in [6.45, 7) is 5.79. The average molecular weight is 211 g/mol. The lowest BCUT2D eigenvalue weighted by atomic mass is 10.3. The zero-order valence-corrected chi connectivity index (χ0v) is 9.46. The normalized spacial score (nSPS) is 10.7. The molecule has 15 heavy (non-hydrogen) atoms. The molecule has 0 radical (unpaired) electrons. The summed E-state index contributed by atoms with van der Waals surface area (Å²) in [5.74, 6) is 1.08. The Balaban J connectivity index is 1.81. The van der Waals surface area contributed by atoms with Gasteiger partial charge < -0.3 is 15.0 Å². The fourth-order valence-corrected chi connectivity index (χ4v) is 1.38. The van der Waals surface area contributed by atoms with Crippen LogP contribution in [0.4, 0.5) is 0 Å².